The summed E-state index contributed by atoms with van der Waals surface area (Å²) in [5.74, 6) is 0. The van der Waals surface area contributed by atoms with Crippen molar-refractivity contribution in [1.29, 1.82) is 0 Å². The molecule has 0 aromatic carbocycles. The number of aliphatic hydroxyl groups is 1. The highest BCUT2D eigenvalue weighted by Crippen LogP contribution is 1.96. The van der Waals surface area contributed by atoms with E-state index in [1.54, 1.807) is 0 Å². The van der Waals surface area contributed by atoms with E-state index < -0.39 is 0 Å². The average molecular weight is 183 g/mol. The van der Waals surface area contributed by atoms with Crippen LogP contribution >= 0.6 is 15.9 Å². The fraction of sp³-hybridized carbons (Fsp3) is 1.00. The van der Waals surface area contributed by atoms with Gasteiger partial charge in [-0.25, -0.2) is 0 Å². The van der Waals surface area contributed by atoms with E-state index >= 15 is 0 Å². The maximum absolute atomic E-state index is 8.43. The number of aliphatic hydroxyl groups excluding tert-OH is 1. The van der Waals surface area contributed by atoms with Crippen LogP contribution in [0.25, 0.3) is 0 Å². The summed E-state index contributed by atoms with van der Waals surface area (Å²) in [7, 11) is 0. The Labute approximate surface area is 58.0 Å². The van der Waals surface area contributed by atoms with Crippen molar-refractivity contribution in [1.82, 2.24) is 0 Å². The largest absolute Gasteiger partial charge is 0.395 e. The van der Waals surface area contributed by atoms with Gasteiger partial charge >= 0.3 is 0 Å². The quantitative estimate of drug-likeness (QED) is 0.652. The van der Waals surface area contributed by atoms with E-state index in [0.29, 0.717) is 13.2 Å². The predicted octanol–water partition coefficient (Wildman–Crippen LogP) is 0.779. The van der Waals surface area contributed by atoms with Gasteiger partial charge in [-0.1, -0.05) is 15.9 Å². The van der Waals surface area contributed by atoms with E-state index in [1.807, 2.05) is 6.92 Å². The van der Waals surface area contributed by atoms with Crippen LogP contribution in [0.3, 0.4) is 0 Å². The molecule has 8 heavy (non-hydrogen) atoms. The van der Waals surface area contributed by atoms with E-state index in [4.69, 9.17) is 9.84 Å². The first-order valence-electron chi connectivity index (χ1n) is 2.64. The molecule has 0 amide bonds. The maximum atomic E-state index is 8.43. The molecular weight excluding hydrogens is 172 g/mol. The molecule has 0 spiro atoms. The molecule has 0 aliphatic heterocycles. The summed E-state index contributed by atoms with van der Waals surface area (Å²) in [6.45, 7) is 3.37. The van der Waals surface area contributed by atoms with Crippen molar-refractivity contribution in [3.05, 3.63) is 0 Å². The summed E-state index contributed by atoms with van der Waals surface area (Å²) in [4.78, 5) is 0.0995. The lowest BCUT2D eigenvalue weighted by Gasteiger charge is -2.03. The fourth-order valence-electron chi connectivity index (χ4n) is 0.298. The lowest BCUT2D eigenvalue weighted by molar-refractivity contribution is 0.133. The molecule has 0 saturated heterocycles. The van der Waals surface area contributed by atoms with Gasteiger partial charge in [-0.15, -0.1) is 0 Å². The Hall–Kier alpha value is 0.400. The van der Waals surface area contributed by atoms with Gasteiger partial charge in [0.1, 0.15) is 0 Å². The monoisotopic (exact) mass is 182 g/mol. The zero-order valence-electron chi connectivity index (χ0n) is 4.93. The molecule has 0 aromatic heterocycles. The summed E-state index contributed by atoms with van der Waals surface area (Å²) in [5.41, 5.74) is 0. The molecule has 0 bridgehead atoms. The van der Waals surface area contributed by atoms with Crippen LogP contribution in [0.5, 0.6) is 0 Å². The first-order chi connectivity index (χ1) is 3.81. The number of hydrogen-bond donors (Lipinski definition) is 1. The summed E-state index contributed by atoms with van der Waals surface area (Å²) >= 11 is 3.20. The Bertz CT molecular complexity index is 49.7. The Morgan fingerprint density at radius 3 is 2.75 bits per heavy atom. The van der Waals surface area contributed by atoms with Crippen LogP contribution in [0.4, 0.5) is 0 Å². The van der Waals surface area contributed by atoms with Crippen LogP contribution in [-0.4, -0.2) is 29.8 Å². The van der Waals surface area contributed by atoms with Crippen LogP contribution < -0.4 is 0 Å². The average Bonchev–Trinajstić information content (AvgIpc) is 1.83. The number of alkyl halides is 1. The summed E-state index contributed by atoms with van der Waals surface area (Å²) < 4.78 is 4.98. The Morgan fingerprint density at radius 2 is 2.38 bits per heavy atom. The minimum atomic E-state index is 0.0995. The van der Waals surface area contributed by atoms with Gasteiger partial charge in [-0.3, -0.25) is 0 Å². The molecule has 0 saturated carbocycles. The van der Waals surface area contributed by atoms with Gasteiger partial charge in [0.15, 0.2) is 0 Å². The molecule has 0 aliphatic rings. The lowest BCUT2D eigenvalue weighted by atomic mass is 10.5. The van der Waals surface area contributed by atoms with Crippen molar-refractivity contribution in [3.63, 3.8) is 0 Å². The SMILES string of the molecule is CCOCC(Br)CO. The third kappa shape index (κ3) is 4.56. The van der Waals surface area contributed by atoms with Gasteiger partial charge in [0.05, 0.1) is 18.0 Å². The van der Waals surface area contributed by atoms with Crippen LogP contribution in [0.2, 0.25) is 0 Å². The standard InChI is InChI=1S/C5H11BrO2/c1-2-8-4-5(6)3-7/h5,7H,2-4H2,1H3. The molecule has 0 rings (SSSR count). The topological polar surface area (TPSA) is 29.5 Å². The highest BCUT2D eigenvalue weighted by atomic mass is 79.9. The molecule has 1 atom stereocenters. The third-order valence-corrected chi connectivity index (χ3v) is 1.25. The highest BCUT2D eigenvalue weighted by Gasteiger charge is 1.98. The van der Waals surface area contributed by atoms with Gasteiger partial charge in [0.25, 0.3) is 0 Å². The molecule has 50 valence electrons. The smallest absolute Gasteiger partial charge is 0.0613 e. The second kappa shape index (κ2) is 5.54. The van der Waals surface area contributed by atoms with Gasteiger partial charge < -0.3 is 9.84 Å². The molecule has 0 aromatic rings. The van der Waals surface area contributed by atoms with Gasteiger partial charge in [0, 0.05) is 6.61 Å². The van der Waals surface area contributed by atoms with Crippen molar-refractivity contribution in [2.45, 2.75) is 11.8 Å². The predicted molar refractivity (Wildman–Crippen MR) is 36.3 cm³/mol. The minimum Gasteiger partial charge on any atom is -0.395 e. The Morgan fingerprint density at radius 1 is 1.75 bits per heavy atom. The molecule has 3 heteroatoms. The normalized spacial score (nSPS) is 13.9. The van der Waals surface area contributed by atoms with E-state index in [-0.39, 0.29) is 11.4 Å². The molecule has 0 fully saturated rings. The second-order valence-corrected chi connectivity index (χ2v) is 2.73. The van der Waals surface area contributed by atoms with E-state index in [1.165, 1.54) is 0 Å². The molecule has 1 unspecified atom stereocenters. The summed E-state index contributed by atoms with van der Waals surface area (Å²) in [6, 6.07) is 0. The van der Waals surface area contributed by atoms with Crippen LogP contribution in [0, 0.1) is 0 Å². The molecule has 0 aliphatic carbocycles. The van der Waals surface area contributed by atoms with Crippen molar-refractivity contribution < 1.29 is 9.84 Å². The lowest BCUT2D eigenvalue weighted by Crippen LogP contribution is -2.12. The number of halogens is 1. The van der Waals surface area contributed by atoms with Crippen LogP contribution in [0.15, 0.2) is 0 Å². The summed E-state index contributed by atoms with van der Waals surface area (Å²) in [6.07, 6.45) is 0. The minimum absolute atomic E-state index is 0.0995. The van der Waals surface area contributed by atoms with Crippen molar-refractivity contribution in [2.75, 3.05) is 19.8 Å². The maximum Gasteiger partial charge on any atom is 0.0613 e. The molecule has 2 nitrogen and oxygen atoms in total. The number of hydrogen-bond acceptors (Lipinski definition) is 2. The second-order valence-electron chi connectivity index (χ2n) is 1.44. The van der Waals surface area contributed by atoms with Crippen molar-refractivity contribution in [3.8, 4) is 0 Å². The Balaban J connectivity index is 2.86. The van der Waals surface area contributed by atoms with Gasteiger partial charge in [0.2, 0.25) is 0 Å². The highest BCUT2D eigenvalue weighted by molar-refractivity contribution is 9.09. The third-order valence-electron chi connectivity index (χ3n) is 0.701. The zero-order chi connectivity index (χ0) is 6.41. The Kier molecular flexibility index (Phi) is 5.81. The summed E-state index contributed by atoms with van der Waals surface area (Å²) in [5, 5.41) is 8.43. The van der Waals surface area contributed by atoms with E-state index in [0.717, 1.165) is 0 Å². The molecule has 0 heterocycles. The first kappa shape index (κ1) is 8.40. The molecule has 1 N–H and O–H groups in total. The number of rotatable bonds is 4. The van der Waals surface area contributed by atoms with E-state index in [2.05, 4.69) is 15.9 Å². The van der Waals surface area contributed by atoms with E-state index in [9.17, 15) is 0 Å². The fourth-order valence-corrected chi connectivity index (χ4v) is 0.485. The van der Waals surface area contributed by atoms with Crippen LogP contribution in [-0.2, 0) is 4.74 Å². The first-order valence-corrected chi connectivity index (χ1v) is 3.55. The van der Waals surface area contributed by atoms with Crippen molar-refractivity contribution in [2.24, 2.45) is 0 Å². The molecule has 0 radical (unpaired) electrons. The van der Waals surface area contributed by atoms with Crippen LogP contribution in [0.1, 0.15) is 6.92 Å². The van der Waals surface area contributed by atoms with Gasteiger partial charge in [-0.2, -0.15) is 0 Å². The molecular formula is C5H11BrO2. The zero-order valence-corrected chi connectivity index (χ0v) is 6.52. The number of ether oxygens (including phenoxy) is 1. The van der Waals surface area contributed by atoms with Gasteiger partial charge in [-0.05, 0) is 6.92 Å². The van der Waals surface area contributed by atoms with Crippen molar-refractivity contribution >= 4 is 15.9 Å².